The van der Waals surface area contributed by atoms with Gasteiger partial charge in [0.1, 0.15) is 16.6 Å². The van der Waals surface area contributed by atoms with Gasteiger partial charge in [-0.15, -0.1) is 18.3 Å². The molecule has 1 fully saturated rings. The number of rotatable bonds is 10. The molecule has 1 aliphatic rings. The number of ether oxygens (including phenoxy) is 2. The molecular weight excluding hydrogens is 563 g/mol. The van der Waals surface area contributed by atoms with Crippen LogP contribution in [-0.2, 0) is 17.6 Å². The number of alkyl halides is 3. The number of hydrogen-bond acceptors (Lipinski definition) is 6. The van der Waals surface area contributed by atoms with Crippen LogP contribution in [0.15, 0.2) is 77.9 Å². The van der Waals surface area contributed by atoms with Crippen LogP contribution in [0.5, 0.6) is 5.75 Å². The molecule has 3 aromatic carbocycles. The average molecular weight is 594 g/mol. The molecule has 4 aromatic rings. The lowest BCUT2D eigenvalue weighted by Gasteiger charge is -2.25. The molecule has 1 saturated heterocycles. The van der Waals surface area contributed by atoms with Crippen molar-refractivity contribution in [3.05, 3.63) is 95.3 Å². The largest absolute Gasteiger partial charge is 0.573 e. The molecule has 0 radical (unpaired) electrons. The van der Waals surface area contributed by atoms with Crippen LogP contribution in [-0.4, -0.2) is 45.5 Å². The Kier molecular flexibility index (Phi) is 8.98. The summed E-state index contributed by atoms with van der Waals surface area (Å²) >= 11 is 5.50. The minimum Gasteiger partial charge on any atom is -0.406 e. The normalized spacial score (nSPS) is 13.9. The summed E-state index contributed by atoms with van der Waals surface area (Å²) in [5.41, 5.74) is 7.66. The zero-order valence-corrected chi connectivity index (χ0v) is 24.0. The van der Waals surface area contributed by atoms with Crippen LogP contribution in [0.2, 0.25) is 0 Å². The number of nitrogens with zero attached hydrogens (tertiary/aromatic N) is 4. The van der Waals surface area contributed by atoms with Crippen molar-refractivity contribution in [2.75, 3.05) is 13.2 Å². The highest BCUT2D eigenvalue weighted by molar-refractivity contribution is 7.80. The maximum atomic E-state index is 12.6. The number of benzene rings is 3. The number of hydrazone groups is 1. The van der Waals surface area contributed by atoms with Crippen LogP contribution >= 0.6 is 12.2 Å². The lowest BCUT2D eigenvalue weighted by atomic mass is 9.95. The Hall–Kier alpha value is -4.09. The molecule has 7 nitrogen and oxygen atoms in total. The molecule has 0 aliphatic carbocycles. The molecule has 11 heteroatoms. The fourth-order valence-electron chi connectivity index (χ4n) is 4.62. The summed E-state index contributed by atoms with van der Waals surface area (Å²) in [5, 5.41) is 8.99. The molecule has 0 atom stereocenters. The van der Waals surface area contributed by atoms with Gasteiger partial charge in [-0.05, 0) is 46.9 Å². The summed E-state index contributed by atoms with van der Waals surface area (Å²) in [6.45, 7) is 5.60. The lowest BCUT2D eigenvalue weighted by Crippen LogP contribution is -2.30. The minimum atomic E-state index is -4.75. The maximum Gasteiger partial charge on any atom is 0.573 e. The van der Waals surface area contributed by atoms with Crippen molar-refractivity contribution in [1.29, 1.82) is 0 Å². The summed E-state index contributed by atoms with van der Waals surface area (Å²) in [4.78, 5) is 5.39. The van der Waals surface area contributed by atoms with Crippen LogP contribution in [0.1, 0.15) is 42.3 Å². The van der Waals surface area contributed by atoms with E-state index in [1.165, 1.54) is 35.4 Å². The third-order valence-corrected chi connectivity index (χ3v) is 7.00. The van der Waals surface area contributed by atoms with Gasteiger partial charge in [0.05, 0.1) is 25.1 Å². The van der Waals surface area contributed by atoms with E-state index in [-0.39, 0.29) is 5.75 Å². The van der Waals surface area contributed by atoms with Crippen molar-refractivity contribution >= 4 is 23.4 Å². The molecular formula is C31H30F3N5O2S. The molecule has 0 spiro atoms. The summed E-state index contributed by atoms with van der Waals surface area (Å²) in [6, 6.07) is 21.4. The van der Waals surface area contributed by atoms with Gasteiger partial charge in [0.25, 0.3) is 0 Å². The lowest BCUT2D eigenvalue weighted by molar-refractivity contribution is -0.274. The maximum absolute atomic E-state index is 12.6. The van der Waals surface area contributed by atoms with E-state index in [0.717, 1.165) is 11.1 Å². The molecule has 218 valence electrons. The molecule has 1 N–H and O–H groups in total. The van der Waals surface area contributed by atoms with Crippen molar-refractivity contribution in [3.63, 3.8) is 0 Å². The highest BCUT2D eigenvalue weighted by Crippen LogP contribution is 2.26. The summed E-state index contributed by atoms with van der Waals surface area (Å²) in [7, 11) is 0. The molecule has 0 amide bonds. The molecule has 0 bridgehead atoms. The van der Waals surface area contributed by atoms with Gasteiger partial charge < -0.3 is 9.47 Å². The first kappa shape index (κ1) is 29.4. The number of nitrogens with one attached hydrogen (secondary N) is 1. The van der Waals surface area contributed by atoms with E-state index in [1.54, 1.807) is 10.9 Å². The number of hydrogen-bond donors (Lipinski definition) is 1. The fourth-order valence-corrected chi connectivity index (χ4v) is 4.83. The molecule has 0 unspecified atom stereocenters. The van der Waals surface area contributed by atoms with Gasteiger partial charge in [0, 0.05) is 24.3 Å². The SMILES string of the molecule is CC(C)c1ccccc1CC(=S)NN=Cc1ccc(-c2nc(CC3COC3)n(-c3ccc(OC(F)(F)F)cc3)n2)cc1. The first-order chi connectivity index (χ1) is 20.1. The number of thiocarbonyl (C=S) groups is 1. The molecule has 5 rings (SSSR count). The highest BCUT2D eigenvalue weighted by Gasteiger charge is 2.31. The second kappa shape index (κ2) is 12.8. The van der Waals surface area contributed by atoms with Gasteiger partial charge in [0.2, 0.25) is 0 Å². The van der Waals surface area contributed by atoms with Crippen LogP contribution in [0.3, 0.4) is 0 Å². The summed E-state index contributed by atoms with van der Waals surface area (Å²) in [5.74, 6) is 1.63. The first-order valence-electron chi connectivity index (χ1n) is 13.5. The third-order valence-electron chi connectivity index (χ3n) is 6.77. The Labute approximate surface area is 247 Å². The zero-order valence-electron chi connectivity index (χ0n) is 23.1. The topological polar surface area (TPSA) is 73.6 Å². The molecule has 42 heavy (non-hydrogen) atoms. The van der Waals surface area contributed by atoms with Crippen LogP contribution < -0.4 is 10.2 Å². The standard InChI is InChI=1S/C31H30F3N5O2S/c1-20(2)27-6-4-3-5-24(27)16-29(42)37-35-17-21-7-9-23(10-8-21)30-36-28(15-22-18-40-19-22)39(38-30)25-11-13-26(14-12-25)41-31(32,33)34/h3-14,17,20,22H,15-16,18-19H2,1-2H3,(H,37,42). The summed E-state index contributed by atoms with van der Waals surface area (Å²) in [6.07, 6.45) is -1.81. The van der Waals surface area contributed by atoms with Gasteiger partial charge in [-0.25, -0.2) is 9.67 Å². The smallest absolute Gasteiger partial charge is 0.406 e. The van der Waals surface area contributed by atoms with E-state index in [9.17, 15) is 13.2 Å². The van der Waals surface area contributed by atoms with E-state index in [0.29, 0.717) is 60.2 Å². The first-order valence-corrected chi connectivity index (χ1v) is 14.0. The van der Waals surface area contributed by atoms with Crippen molar-refractivity contribution < 1.29 is 22.6 Å². The van der Waals surface area contributed by atoms with Gasteiger partial charge in [-0.2, -0.15) is 5.10 Å². The van der Waals surface area contributed by atoms with Gasteiger partial charge in [-0.1, -0.05) is 74.6 Å². The Morgan fingerprint density at radius 3 is 2.45 bits per heavy atom. The fraction of sp³-hybridized carbons (Fsp3) is 0.290. The van der Waals surface area contributed by atoms with E-state index in [4.69, 9.17) is 21.9 Å². The minimum absolute atomic E-state index is 0.298. The molecule has 1 aromatic heterocycles. The molecule has 0 saturated carbocycles. The second-order valence-corrected chi connectivity index (χ2v) is 10.9. The highest BCUT2D eigenvalue weighted by atomic mass is 32.1. The summed E-state index contributed by atoms with van der Waals surface area (Å²) < 4.78 is 48.7. The van der Waals surface area contributed by atoms with E-state index < -0.39 is 6.36 Å². The van der Waals surface area contributed by atoms with Crippen LogP contribution in [0.25, 0.3) is 17.1 Å². The molecule has 2 heterocycles. The van der Waals surface area contributed by atoms with Crippen LogP contribution in [0.4, 0.5) is 13.2 Å². The Morgan fingerprint density at radius 2 is 1.81 bits per heavy atom. The predicted octanol–water partition coefficient (Wildman–Crippen LogP) is 6.64. The van der Waals surface area contributed by atoms with Gasteiger partial charge in [0.15, 0.2) is 5.82 Å². The Bertz CT molecular complexity index is 1550. The van der Waals surface area contributed by atoms with Crippen molar-refractivity contribution in [3.8, 4) is 22.8 Å². The Morgan fingerprint density at radius 1 is 1.10 bits per heavy atom. The van der Waals surface area contributed by atoms with Gasteiger partial charge >= 0.3 is 6.36 Å². The van der Waals surface area contributed by atoms with Crippen LogP contribution in [0, 0.1) is 5.92 Å². The van der Waals surface area contributed by atoms with E-state index >= 15 is 0 Å². The number of aromatic nitrogens is 3. The number of halogens is 3. The third kappa shape index (κ3) is 7.59. The second-order valence-electron chi connectivity index (χ2n) is 10.4. The monoisotopic (exact) mass is 593 g/mol. The van der Waals surface area contributed by atoms with Crippen molar-refractivity contribution in [2.45, 2.75) is 39.0 Å². The average Bonchev–Trinajstić information content (AvgIpc) is 3.35. The quantitative estimate of drug-likeness (QED) is 0.126. The Balaban J connectivity index is 1.27. The molecule has 1 aliphatic heterocycles. The van der Waals surface area contributed by atoms with E-state index in [2.05, 4.69) is 46.3 Å². The van der Waals surface area contributed by atoms with Crippen molar-refractivity contribution in [1.82, 2.24) is 20.2 Å². The predicted molar refractivity (Wildman–Crippen MR) is 159 cm³/mol. The van der Waals surface area contributed by atoms with Gasteiger partial charge in [-0.3, -0.25) is 5.43 Å². The van der Waals surface area contributed by atoms with Crippen molar-refractivity contribution in [2.24, 2.45) is 11.0 Å². The zero-order chi connectivity index (χ0) is 29.7. The van der Waals surface area contributed by atoms with E-state index in [1.807, 2.05) is 36.4 Å².